The number of aliphatic hydroxyl groups excluding tert-OH is 1. The highest BCUT2D eigenvalue weighted by molar-refractivity contribution is 5.81. The Morgan fingerprint density at radius 2 is 2.15 bits per heavy atom. The van der Waals surface area contributed by atoms with Crippen LogP contribution in [0.25, 0.3) is 0 Å². The first-order chi connectivity index (χ1) is 9.61. The number of carbonyl (C=O) groups excluding carboxylic acids is 1. The van der Waals surface area contributed by atoms with Gasteiger partial charge in [0.15, 0.2) is 0 Å². The minimum absolute atomic E-state index is 0.111. The lowest BCUT2D eigenvalue weighted by atomic mass is 10.1. The zero-order valence-electron chi connectivity index (χ0n) is 12.3. The Bertz CT molecular complexity index is 435. The molecule has 0 saturated carbocycles. The summed E-state index contributed by atoms with van der Waals surface area (Å²) < 4.78 is 0. The topological polar surface area (TPSA) is 43.8 Å². The number of likely N-dealkylation sites (N-methyl/N-ethyl adjacent to an activating group) is 1. The van der Waals surface area contributed by atoms with Crippen molar-refractivity contribution in [3.63, 3.8) is 0 Å². The van der Waals surface area contributed by atoms with Crippen molar-refractivity contribution < 1.29 is 9.90 Å². The summed E-state index contributed by atoms with van der Waals surface area (Å²) in [5.41, 5.74) is 1.14. The van der Waals surface area contributed by atoms with Gasteiger partial charge in [0, 0.05) is 26.7 Å². The van der Waals surface area contributed by atoms with Crippen molar-refractivity contribution in [1.82, 2.24) is 9.80 Å². The number of benzene rings is 1. The largest absolute Gasteiger partial charge is 0.396 e. The third-order valence-electron chi connectivity index (χ3n) is 4.12. The molecule has 20 heavy (non-hydrogen) atoms. The number of amides is 1. The van der Waals surface area contributed by atoms with E-state index < -0.39 is 0 Å². The van der Waals surface area contributed by atoms with E-state index in [1.54, 1.807) is 4.90 Å². The summed E-state index contributed by atoms with van der Waals surface area (Å²) in [6.45, 7) is 4.54. The van der Waals surface area contributed by atoms with Crippen molar-refractivity contribution in [2.45, 2.75) is 25.9 Å². The highest BCUT2D eigenvalue weighted by atomic mass is 16.3. The molecule has 0 aliphatic carbocycles. The van der Waals surface area contributed by atoms with Gasteiger partial charge >= 0.3 is 0 Å². The third-order valence-corrected chi connectivity index (χ3v) is 4.12. The predicted octanol–water partition coefficient (Wildman–Crippen LogP) is 1.35. The second kappa shape index (κ2) is 6.86. The van der Waals surface area contributed by atoms with E-state index in [-0.39, 0.29) is 18.6 Å². The van der Waals surface area contributed by atoms with Crippen LogP contribution in [0.3, 0.4) is 0 Å². The van der Waals surface area contributed by atoms with Crippen LogP contribution in [0.2, 0.25) is 0 Å². The monoisotopic (exact) mass is 276 g/mol. The molecule has 1 N–H and O–H groups in total. The van der Waals surface area contributed by atoms with E-state index in [9.17, 15) is 9.90 Å². The van der Waals surface area contributed by atoms with Crippen LogP contribution in [-0.4, -0.2) is 53.6 Å². The molecule has 1 aromatic carbocycles. The Kier molecular flexibility index (Phi) is 5.15. The smallest absolute Gasteiger partial charge is 0.239 e. The average Bonchev–Trinajstić information content (AvgIpc) is 2.95. The van der Waals surface area contributed by atoms with E-state index >= 15 is 0 Å². The molecule has 1 aliphatic heterocycles. The molecule has 4 heteroatoms. The van der Waals surface area contributed by atoms with Gasteiger partial charge in [0.25, 0.3) is 0 Å². The van der Waals surface area contributed by atoms with Gasteiger partial charge in [0.2, 0.25) is 5.91 Å². The van der Waals surface area contributed by atoms with Crippen LogP contribution in [0.15, 0.2) is 30.3 Å². The average molecular weight is 276 g/mol. The highest BCUT2D eigenvalue weighted by Crippen LogP contribution is 2.19. The van der Waals surface area contributed by atoms with E-state index in [0.717, 1.165) is 25.1 Å². The van der Waals surface area contributed by atoms with Crippen LogP contribution in [-0.2, 0) is 11.3 Å². The maximum absolute atomic E-state index is 12.5. The predicted molar refractivity (Wildman–Crippen MR) is 79.1 cm³/mol. The first-order valence-electron chi connectivity index (χ1n) is 7.25. The second-order valence-corrected chi connectivity index (χ2v) is 5.69. The summed E-state index contributed by atoms with van der Waals surface area (Å²) in [7, 11) is 1.85. The molecule has 2 unspecified atom stereocenters. The summed E-state index contributed by atoms with van der Waals surface area (Å²) >= 11 is 0. The first kappa shape index (κ1) is 15.0. The van der Waals surface area contributed by atoms with E-state index in [1.807, 2.05) is 44.3 Å². The molecular weight excluding hydrogens is 252 g/mol. The third kappa shape index (κ3) is 3.58. The van der Waals surface area contributed by atoms with Gasteiger partial charge < -0.3 is 10.0 Å². The van der Waals surface area contributed by atoms with Gasteiger partial charge in [0.1, 0.15) is 0 Å². The fraction of sp³-hybridized carbons (Fsp3) is 0.562. The first-order valence-corrected chi connectivity index (χ1v) is 7.25. The van der Waals surface area contributed by atoms with Gasteiger partial charge in [-0.25, -0.2) is 0 Å². The van der Waals surface area contributed by atoms with Crippen molar-refractivity contribution >= 4 is 5.91 Å². The van der Waals surface area contributed by atoms with E-state index in [4.69, 9.17) is 0 Å². The molecule has 0 radical (unpaired) electrons. The SMILES string of the molecule is CC(C(=O)N(C)Cc1ccccc1)N1CCC(CO)C1. The lowest BCUT2D eigenvalue weighted by Gasteiger charge is -2.28. The molecule has 4 nitrogen and oxygen atoms in total. The van der Waals surface area contributed by atoms with E-state index in [0.29, 0.717) is 12.5 Å². The van der Waals surface area contributed by atoms with Gasteiger partial charge in [0.05, 0.1) is 6.04 Å². The standard InChI is InChI=1S/C16H24N2O2/c1-13(18-9-8-15(11-18)12-19)16(20)17(2)10-14-6-4-3-5-7-14/h3-7,13,15,19H,8-12H2,1-2H3. The number of likely N-dealkylation sites (tertiary alicyclic amines) is 1. The van der Waals surface area contributed by atoms with E-state index in [1.165, 1.54) is 0 Å². The molecule has 110 valence electrons. The van der Waals surface area contributed by atoms with E-state index in [2.05, 4.69) is 4.90 Å². The molecule has 1 fully saturated rings. The molecule has 1 aliphatic rings. The normalized spacial score (nSPS) is 20.9. The molecule has 1 heterocycles. The number of carbonyl (C=O) groups is 1. The molecule has 0 bridgehead atoms. The molecule has 2 rings (SSSR count). The Morgan fingerprint density at radius 3 is 2.75 bits per heavy atom. The molecule has 0 aromatic heterocycles. The molecular formula is C16H24N2O2. The van der Waals surface area contributed by atoms with Crippen molar-refractivity contribution in [1.29, 1.82) is 0 Å². The molecule has 1 amide bonds. The Balaban J connectivity index is 1.90. The summed E-state index contributed by atoms with van der Waals surface area (Å²) in [4.78, 5) is 16.4. The number of hydrogen-bond acceptors (Lipinski definition) is 3. The van der Waals surface area contributed by atoms with Gasteiger partial charge in [-0.2, -0.15) is 0 Å². The number of aliphatic hydroxyl groups is 1. The Hall–Kier alpha value is -1.39. The zero-order valence-corrected chi connectivity index (χ0v) is 12.3. The van der Waals surface area contributed by atoms with Crippen LogP contribution < -0.4 is 0 Å². The molecule has 1 saturated heterocycles. The van der Waals surface area contributed by atoms with Crippen LogP contribution >= 0.6 is 0 Å². The maximum atomic E-state index is 12.5. The number of rotatable bonds is 5. The number of nitrogens with zero attached hydrogens (tertiary/aromatic N) is 2. The lowest BCUT2D eigenvalue weighted by molar-refractivity contribution is -0.135. The molecule has 1 aromatic rings. The number of hydrogen-bond donors (Lipinski definition) is 1. The summed E-state index contributed by atoms with van der Waals surface area (Å²) in [6.07, 6.45) is 0.983. The fourth-order valence-corrected chi connectivity index (χ4v) is 2.77. The van der Waals surface area contributed by atoms with Gasteiger partial charge in [-0.15, -0.1) is 0 Å². The van der Waals surface area contributed by atoms with Crippen molar-refractivity contribution in [2.75, 3.05) is 26.7 Å². The maximum Gasteiger partial charge on any atom is 0.239 e. The van der Waals surface area contributed by atoms with Gasteiger partial charge in [-0.1, -0.05) is 30.3 Å². The summed E-state index contributed by atoms with van der Waals surface area (Å²) in [5, 5.41) is 9.19. The molecule has 2 atom stereocenters. The fourth-order valence-electron chi connectivity index (χ4n) is 2.77. The van der Waals surface area contributed by atoms with Crippen molar-refractivity contribution in [2.24, 2.45) is 5.92 Å². The highest BCUT2D eigenvalue weighted by Gasteiger charge is 2.30. The second-order valence-electron chi connectivity index (χ2n) is 5.69. The minimum Gasteiger partial charge on any atom is -0.396 e. The lowest BCUT2D eigenvalue weighted by Crippen LogP contribution is -2.44. The minimum atomic E-state index is -0.111. The molecule has 0 spiro atoms. The van der Waals surface area contributed by atoms with Crippen LogP contribution in [0.4, 0.5) is 0 Å². The Morgan fingerprint density at radius 1 is 1.45 bits per heavy atom. The summed E-state index contributed by atoms with van der Waals surface area (Å²) in [6, 6.07) is 9.92. The van der Waals surface area contributed by atoms with Crippen LogP contribution in [0, 0.1) is 5.92 Å². The van der Waals surface area contributed by atoms with Crippen LogP contribution in [0.1, 0.15) is 18.9 Å². The Labute approximate surface area is 121 Å². The zero-order chi connectivity index (χ0) is 14.5. The van der Waals surface area contributed by atoms with Crippen molar-refractivity contribution in [3.05, 3.63) is 35.9 Å². The quantitative estimate of drug-likeness (QED) is 0.883. The van der Waals surface area contributed by atoms with Crippen molar-refractivity contribution in [3.8, 4) is 0 Å². The summed E-state index contributed by atoms with van der Waals surface area (Å²) in [5.74, 6) is 0.470. The van der Waals surface area contributed by atoms with Crippen LogP contribution in [0.5, 0.6) is 0 Å². The van der Waals surface area contributed by atoms with Gasteiger partial charge in [-0.3, -0.25) is 9.69 Å². The van der Waals surface area contributed by atoms with Gasteiger partial charge in [-0.05, 0) is 31.4 Å².